The van der Waals surface area contributed by atoms with Gasteiger partial charge in [-0.1, -0.05) is 50.6 Å². The largest absolute Gasteiger partial charge is 0.316 e. The smallest absolute Gasteiger partial charge is 0.0437 e. The third-order valence-electron chi connectivity index (χ3n) is 2.41. The van der Waals surface area contributed by atoms with Crippen LogP contribution in [0.5, 0.6) is 0 Å². The summed E-state index contributed by atoms with van der Waals surface area (Å²) in [5.41, 5.74) is 1.62. The van der Waals surface area contributed by atoms with E-state index in [-0.39, 0.29) is 12.4 Å². The summed E-state index contributed by atoms with van der Waals surface area (Å²) >= 11 is 6.09. The van der Waals surface area contributed by atoms with Crippen LogP contribution < -0.4 is 5.32 Å². The highest BCUT2D eigenvalue weighted by atomic mass is 35.5. The fraction of sp³-hybridized carbons (Fsp3) is 0.571. The van der Waals surface area contributed by atoms with Crippen LogP contribution in [-0.2, 0) is 6.42 Å². The van der Waals surface area contributed by atoms with E-state index >= 15 is 0 Å². The van der Waals surface area contributed by atoms with Crippen LogP contribution in [0.3, 0.4) is 0 Å². The van der Waals surface area contributed by atoms with Crippen molar-refractivity contribution in [3.8, 4) is 0 Å². The van der Waals surface area contributed by atoms with E-state index in [0.717, 1.165) is 31.0 Å². The van der Waals surface area contributed by atoms with Gasteiger partial charge in [0.1, 0.15) is 0 Å². The topological polar surface area (TPSA) is 12.0 Å². The second kappa shape index (κ2) is 7.97. The molecule has 0 aliphatic heterocycles. The van der Waals surface area contributed by atoms with Gasteiger partial charge < -0.3 is 5.32 Å². The molecule has 1 aromatic rings. The Bertz CT molecular complexity index is 318. The van der Waals surface area contributed by atoms with Gasteiger partial charge in [-0.05, 0) is 43.0 Å². The van der Waals surface area contributed by atoms with Crippen LogP contribution in [0.4, 0.5) is 0 Å². The van der Waals surface area contributed by atoms with E-state index in [9.17, 15) is 0 Å². The number of rotatable bonds is 5. The molecule has 0 amide bonds. The van der Waals surface area contributed by atoms with E-state index in [1.807, 2.05) is 18.2 Å². The zero-order valence-electron chi connectivity index (χ0n) is 10.9. The Balaban J connectivity index is 0.00000256. The lowest BCUT2D eigenvalue weighted by Crippen LogP contribution is -2.27. The molecule has 3 heteroatoms. The first-order valence-corrected chi connectivity index (χ1v) is 6.31. The highest BCUT2D eigenvalue weighted by Gasteiger charge is 2.08. The molecular weight excluding hydrogens is 253 g/mol. The Morgan fingerprint density at radius 1 is 1.18 bits per heavy atom. The maximum Gasteiger partial charge on any atom is 0.0437 e. The molecular formula is C14H23Cl2N. The average molecular weight is 276 g/mol. The van der Waals surface area contributed by atoms with Crippen molar-refractivity contribution in [2.75, 3.05) is 13.1 Å². The highest BCUT2D eigenvalue weighted by molar-refractivity contribution is 6.31. The van der Waals surface area contributed by atoms with Crippen molar-refractivity contribution in [1.29, 1.82) is 0 Å². The zero-order valence-corrected chi connectivity index (χ0v) is 12.5. The van der Waals surface area contributed by atoms with Gasteiger partial charge >= 0.3 is 0 Å². The van der Waals surface area contributed by atoms with Crippen molar-refractivity contribution in [2.45, 2.75) is 33.6 Å². The van der Waals surface area contributed by atoms with Crippen LogP contribution in [-0.4, -0.2) is 13.1 Å². The SMILES string of the molecule is CC(C)(C)CNCCCc1ccccc1Cl.Cl. The van der Waals surface area contributed by atoms with Gasteiger partial charge in [-0.2, -0.15) is 0 Å². The summed E-state index contributed by atoms with van der Waals surface area (Å²) in [6.07, 6.45) is 2.19. The molecule has 17 heavy (non-hydrogen) atoms. The maximum atomic E-state index is 6.09. The van der Waals surface area contributed by atoms with Gasteiger partial charge in [0.05, 0.1) is 0 Å². The van der Waals surface area contributed by atoms with Crippen molar-refractivity contribution in [3.05, 3.63) is 34.9 Å². The monoisotopic (exact) mass is 275 g/mol. The number of aryl methyl sites for hydroxylation is 1. The minimum absolute atomic E-state index is 0. The molecule has 1 nitrogen and oxygen atoms in total. The van der Waals surface area contributed by atoms with E-state index in [1.54, 1.807) is 0 Å². The lowest BCUT2D eigenvalue weighted by atomic mass is 9.97. The molecule has 1 N–H and O–H groups in total. The zero-order chi connectivity index (χ0) is 12.0. The predicted molar refractivity (Wildman–Crippen MR) is 79.3 cm³/mol. The minimum atomic E-state index is 0. The molecule has 0 aliphatic rings. The van der Waals surface area contributed by atoms with Crippen molar-refractivity contribution < 1.29 is 0 Å². The Hall–Kier alpha value is -0.240. The number of benzene rings is 1. The molecule has 1 rings (SSSR count). The van der Waals surface area contributed by atoms with Gasteiger partial charge in [-0.15, -0.1) is 12.4 Å². The minimum Gasteiger partial charge on any atom is -0.316 e. The Labute approximate surface area is 116 Å². The first-order valence-electron chi connectivity index (χ1n) is 5.93. The Morgan fingerprint density at radius 2 is 1.82 bits per heavy atom. The van der Waals surface area contributed by atoms with Crippen molar-refractivity contribution in [3.63, 3.8) is 0 Å². The average Bonchev–Trinajstić information content (AvgIpc) is 2.18. The fourth-order valence-corrected chi connectivity index (χ4v) is 1.80. The van der Waals surface area contributed by atoms with Crippen LogP contribution in [0, 0.1) is 5.41 Å². The van der Waals surface area contributed by atoms with E-state index in [4.69, 9.17) is 11.6 Å². The van der Waals surface area contributed by atoms with Crippen molar-refractivity contribution >= 4 is 24.0 Å². The van der Waals surface area contributed by atoms with Crippen molar-refractivity contribution in [2.24, 2.45) is 5.41 Å². The fourth-order valence-electron chi connectivity index (χ4n) is 1.57. The molecule has 0 bridgehead atoms. The summed E-state index contributed by atoms with van der Waals surface area (Å²) < 4.78 is 0. The van der Waals surface area contributed by atoms with Gasteiger partial charge in [-0.3, -0.25) is 0 Å². The molecule has 0 saturated heterocycles. The molecule has 0 aliphatic carbocycles. The van der Waals surface area contributed by atoms with Gasteiger partial charge in [0.2, 0.25) is 0 Å². The molecule has 0 atom stereocenters. The maximum absolute atomic E-state index is 6.09. The third-order valence-corrected chi connectivity index (χ3v) is 2.78. The second-order valence-corrected chi connectivity index (χ2v) is 5.84. The standard InChI is InChI=1S/C14H22ClN.ClH/c1-14(2,3)11-16-10-6-8-12-7-4-5-9-13(12)15;/h4-5,7,9,16H,6,8,10-11H2,1-3H3;1H. The van der Waals surface area contributed by atoms with E-state index in [1.165, 1.54) is 5.56 Å². The van der Waals surface area contributed by atoms with E-state index < -0.39 is 0 Å². The normalized spacial score (nSPS) is 11.1. The van der Waals surface area contributed by atoms with Crippen LogP contribution in [0.2, 0.25) is 5.02 Å². The van der Waals surface area contributed by atoms with Gasteiger partial charge in [0.15, 0.2) is 0 Å². The first kappa shape index (κ1) is 16.8. The predicted octanol–water partition coefficient (Wildman–Crippen LogP) is 4.33. The van der Waals surface area contributed by atoms with Gasteiger partial charge in [-0.25, -0.2) is 0 Å². The summed E-state index contributed by atoms with van der Waals surface area (Å²) in [7, 11) is 0. The van der Waals surface area contributed by atoms with Crippen LogP contribution in [0.1, 0.15) is 32.8 Å². The second-order valence-electron chi connectivity index (χ2n) is 5.43. The molecule has 0 unspecified atom stereocenters. The molecule has 0 aromatic heterocycles. The summed E-state index contributed by atoms with van der Waals surface area (Å²) in [6, 6.07) is 8.08. The third kappa shape index (κ3) is 7.64. The Morgan fingerprint density at radius 3 is 2.41 bits per heavy atom. The number of hydrogen-bond donors (Lipinski definition) is 1. The van der Waals surface area contributed by atoms with Crippen LogP contribution in [0.25, 0.3) is 0 Å². The van der Waals surface area contributed by atoms with Gasteiger partial charge in [0, 0.05) is 5.02 Å². The molecule has 98 valence electrons. The first-order chi connectivity index (χ1) is 7.49. The summed E-state index contributed by atoms with van der Waals surface area (Å²) in [4.78, 5) is 0. The lowest BCUT2D eigenvalue weighted by Gasteiger charge is -2.18. The molecule has 0 saturated carbocycles. The molecule has 0 heterocycles. The van der Waals surface area contributed by atoms with E-state index in [0.29, 0.717) is 5.41 Å². The summed E-state index contributed by atoms with van der Waals surface area (Å²) in [5.74, 6) is 0. The molecule has 1 aromatic carbocycles. The summed E-state index contributed by atoms with van der Waals surface area (Å²) in [5, 5.41) is 4.36. The molecule has 0 fully saturated rings. The van der Waals surface area contributed by atoms with Crippen molar-refractivity contribution in [1.82, 2.24) is 5.32 Å². The van der Waals surface area contributed by atoms with Crippen LogP contribution in [0.15, 0.2) is 24.3 Å². The number of nitrogens with one attached hydrogen (secondary N) is 1. The van der Waals surface area contributed by atoms with E-state index in [2.05, 4.69) is 32.2 Å². The number of halogens is 2. The quantitative estimate of drug-likeness (QED) is 0.789. The van der Waals surface area contributed by atoms with Gasteiger partial charge in [0.25, 0.3) is 0 Å². The molecule has 0 spiro atoms. The summed E-state index contributed by atoms with van der Waals surface area (Å²) in [6.45, 7) is 8.86. The lowest BCUT2D eigenvalue weighted by molar-refractivity contribution is 0.379. The number of hydrogen-bond acceptors (Lipinski definition) is 1. The van der Waals surface area contributed by atoms with Crippen LogP contribution >= 0.6 is 24.0 Å². The Kier molecular flexibility index (Phi) is 7.85. The highest BCUT2D eigenvalue weighted by Crippen LogP contribution is 2.16. The molecule has 0 radical (unpaired) electrons.